The zero-order valence-electron chi connectivity index (χ0n) is 14.9. The van der Waals surface area contributed by atoms with Gasteiger partial charge in [0.25, 0.3) is 0 Å². The van der Waals surface area contributed by atoms with E-state index in [4.69, 9.17) is 0 Å². The van der Waals surface area contributed by atoms with Crippen molar-refractivity contribution >= 4 is 0 Å². The van der Waals surface area contributed by atoms with Crippen LogP contribution >= 0.6 is 0 Å². The summed E-state index contributed by atoms with van der Waals surface area (Å²) in [6.45, 7) is 16.4. The highest BCUT2D eigenvalue weighted by molar-refractivity contribution is 4.57. The lowest BCUT2D eigenvalue weighted by molar-refractivity contribution is -0.917. The van der Waals surface area contributed by atoms with Crippen LogP contribution < -0.4 is 0 Å². The maximum absolute atomic E-state index is 2.40. The van der Waals surface area contributed by atoms with E-state index in [1.54, 1.807) is 0 Å². The Kier molecular flexibility index (Phi) is 7.01. The Morgan fingerprint density at radius 1 is 0.571 bits per heavy atom. The lowest BCUT2D eigenvalue weighted by Gasteiger charge is -2.34. The van der Waals surface area contributed by atoms with Crippen molar-refractivity contribution in [3.63, 3.8) is 0 Å². The van der Waals surface area contributed by atoms with Crippen molar-refractivity contribution in [3.05, 3.63) is 0 Å². The molecule has 124 valence electrons. The van der Waals surface area contributed by atoms with Gasteiger partial charge in [-0.15, -0.1) is 0 Å². The quantitative estimate of drug-likeness (QED) is 0.419. The van der Waals surface area contributed by atoms with Crippen LogP contribution in [0.15, 0.2) is 0 Å². The van der Waals surface area contributed by atoms with Crippen molar-refractivity contribution < 1.29 is 8.97 Å². The van der Waals surface area contributed by atoms with Crippen molar-refractivity contribution in [2.24, 2.45) is 0 Å². The Hall–Kier alpha value is -0.0800. The largest absolute Gasteiger partial charge is 0.324 e. The lowest BCUT2D eigenvalue weighted by Crippen LogP contribution is -2.46. The molecule has 0 radical (unpaired) electrons. The highest BCUT2D eigenvalue weighted by atomic mass is 15.4. The maximum atomic E-state index is 2.40. The monoisotopic (exact) mass is 296 g/mol. The molecule has 21 heavy (non-hydrogen) atoms. The molecule has 0 aromatic rings. The molecule has 2 heteroatoms. The van der Waals surface area contributed by atoms with Crippen molar-refractivity contribution in [2.75, 3.05) is 52.4 Å². The first kappa shape index (κ1) is 17.3. The minimum Gasteiger partial charge on any atom is -0.324 e. The van der Waals surface area contributed by atoms with Crippen LogP contribution in [0.3, 0.4) is 0 Å². The molecule has 0 aliphatic carbocycles. The second kappa shape index (κ2) is 8.53. The summed E-state index contributed by atoms with van der Waals surface area (Å²) >= 11 is 0. The van der Waals surface area contributed by atoms with E-state index in [-0.39, 0.29) is 0 Å². The van der Waals surface area contributed by atoms with E-state index in [0.717, 1.165) is 0 Å². The van der Waals surface area contributed by atoms with Crippen LogP contribution in [0.2, 0.25) is 0 Å². The second-order valence-electron chi connectivity index (χ2n) is 7.89. The molecule has 0 unspecified atom stereocenters. The van der Waals surface area contributed by atoms with Crippen LogP contribution in [-0.4, -0.2) is 61.3 Å². The first-order valence-corrected chi connectivity index (χ1v) is 9.94. The number of hydrogen-bond acceptors (Lipinski definition) is 0. The Labute approximate surface area is 133 Å². The van der Waals surface area contributed by atoms with Gasteiger partial charge in [0.1, 0.15) is 0 Å². The van der Waals surface area contributed by atoms with Gasteiger partial charge in [0.2, 0.25) is 0 Å². The number of quaternary nitrogens is 2. The summed E-state index contributed by atoms with van der Waals surface area (Å²) in [5.74, 6) is 0. The fourth-order valence-corrected chi connectivity index (χ4v) is 4.99. The fraction of sp³-hybridized carbons (Fsp3) is 1.00. The molecule has 0 atom stereocenters. The minimum absolute atomic E-state index is 1.37. The van der Waals surface area contributed by atoms with Crippen LogP contribution in [0.5, 0.6) is 0 Å². The van der Waals surface area contributed by atoms with E-state index in [1.165, 1.54) is 119 Å². The highest BCUT2D eigenvalue weighted by Crippen LogP contribution is 2.23. The summed E-state index contributed by atoms with van der Waals surface area (Å²) < 4.78 is 2.90. The molecular weight excluding hydrogens is 256 g/mol. The highest BCUT2D eigenvalue weighted by Gasteiger charge is 2.31. The Morgan fingerprint density at radius 2 is 1.05 bits per heavy atom. The van der Waals surface area contributed by atoms with E-state index in [1.807, 2.05) is 0 Å². The third-order valence-corrected chi connectivity index (χ3v) is 6.41. The smallest absolute Gasteiger partial charge is 0.0788 e. The summed E-state index contributed by atoms with van der Waals surface area (Å²) in [7, 11) is 0. The van der Waals surface area contributed by atoms with Gasteiger partial charge >= 0.3 is 0 Å². The van der Waals surface area contributed by atoms with Crippen molar-refractivity contribution in [1.82, 2.24) is 0 Å². The Morgan fingerprint density at radius 3 is 1.52 bits per heavy atom. The molecule has 2 rings (SSSR count). The lowest BCUT2D eigenvalue weighted by atomic mass is 10.1. The first-order valence-electron chi connectivity index (χ1n) is 9.94. The van der Waals surface area contributed by atoms with Gasteiger partial charge in [-0.25, -0.2) is 0 Å². The molecule has 2 saturated heterocycles. The average Bonchev–Trinajstić information content (AvgIpc) is 3.14. The van der Waals surface area contributed by atoms with Crippen LogP contribution in [0.1, 0.15) is 71.6 Å². The van der Waals surface area contributed by atoms with Crippen molar-refractivity contribution in [3.8, 4) is 0 Å². The van der Waals surface area contributed by atoms with E-state index in [9.17, 15) is 0 Å². The number of nitrogens with zero attached hydrogens (tertiary/aromatic N) is 2. The minimum atomic E-state index is 1.37. The molecule has 0 amide bonds. The molecule has 2 aliphatic rings. The second-order valence-corrected chi connectivity index (χ2v) is 7.89. The van der Waals surface area contributed by atoms with Crippen molar-refractivity contribution in [1.29, 1.82) is 0 Å². The molecule has 0 bridgehead atoms. The molecule has 0 saturated carbocycles. The topological polar surface area (TPSA) is 0 Å². The number of hydrogen-bond donors (Lipinski definition) is 0. The summed E-state index contributed by atoms with van der Waals surface area (Å²) in [4.78, 5) is 0. The van der Waals surface area contributed by atoms with Crippen LogP contribution in [0.25, 0.3) is 0 Å². The molecule has 2 heterocycles. The van der Waals surface area contributed by atoms with Gasteiger partial charge in [-0.05, 0) is 39.0 Å². The van der Waals surface area contributed by atoms with Crippen LogP contribution in [0.4, 0.5) is 0 Å². The molecule has 2 fully saturated rings. The van der Waals surface area contributed by atoms with E-state index >= 15 is 0 Å². The van der Waals surface area contributed by atoms with Gasteiger partial charge in [0.15, 0.2) is 0 Å². The number of likely N-dealkylation sites (tertiary alicyclic amines) is 2. The summed E-state index contributed by atoms with van der Waals surface area (Å²) in [5.41, 5.74) is 0. The predicted molar refractivity (Wildman–Crippen MR) is 92.4 cm³/mol. The third-order valence-electron chi connectivity index (χ3n) is 6.41. The zero-order valence-corrected chi connectivity index (χ0v) is 14.9. The third kappa shape index (κ3) is 4.96. The Balaban J connectivity index is 1.57. The first-order chi connectivity index (χ1) is 10.2. The number of rotatable bonds is 10. The summed E-state index contributed by atoms with van der Waals surface area (Å²) in [5, 5.41) is 0. The van der Waals surface area contributed by atoms with Crippen molar-refractivity contribution in [2.45, 2.75) is 71.6 Å². The van der Waals surface area contributed by atoms with E-state index in [0.29, 0.717) is 0 Å². The van der Waals surface area contributed by atoms with Gasteiger partial charge in [-0.2, -0.15) is 0 Å². The van der Waals surface area contributed by atoms with Gasteiger partial charge in [0, 0.05) is 25.7 Å². The van der Waals surface area contributed by atoms with Gasteiger partial charge in [0.05, 0.1) is 52.4 Å². The van der Waals surface area contributed by atoms with Crippen LogP contribution in [0, 0.1) is 0 Å². The fourth-order valence-electron chi connectivity index (χ4n) is 4.99. The molecule has 0 aromatic carbocycles. The molecule has 0 aromatic heterocycles. The summed E-state index contributed by atoms with van der Waals surface area (Å²) in [6, 6.07) is 0. The molecular formula is C19H40N2+2. The number of unbranched alkanes of at least 4 members (excludes halogenated alkanes) is 3. The average molecular weight is 297 g/mol. The van der Waals surface area contributed by atoms with Gasteiger partial charge in [-0.3, -0.25) is 0 Å². The predicted octanol–water partition coefficient (Wildman–Crippen LogP) is 4.20. The summed E-state index contributed by atoms with van der Waals surface area (Å²) in [6.07, 6.45) is 13.2. The zero-order chi connectivity index (χ0) is 15.0. The van der Waals surface area contributed by atoms with E-state index < -0.39 is 0 Å². The molecule has 0 spiro atoms. The Bertz CT molecular complexity index is 275. The van der Waals surface area contributed by atoms with E-state index in [2.05, 4.69) is 13.8 Å². The molecule has 0 N–H and O–H groups in total. The van der Waals surface area contributed by atoms with Gasteiger partial charge in [-0.1, -0.05) is 6.92 Å². The van der Waals surface area contributed by atoms with Gasteiger partial charge < -0.3 is 8.97 Å². The SMILES string of the molecule is CCC[N+]1(CCCCCC[N+]2(CC)CCCC2)CCCC1. The van der Waals surface area contributed by atoms with Crippen LogP contribution in [-0.2, 0) is 0 Å². The molecule has 2 aliphatic heterocycles. The normalized spacial score (nSPS) is 23.7. The maximum Gasteiger partial charge on any atom is 0.0788 e. The molecule has 2 nitrogen and oxygen atoms in total. The standard InChI is InChI=1S/C19H40N2/c1-3-13-21(18-11-12-19-21)17-8-6-5-7-14-20(4-2)15-9-10-16-20/h3-19H2,1-2H3/q+2.